The number of esters is 1. The first-order valence-corrected chi connectivity index (χ1v) is 7.23. The number of aromatic nitrogens is 2. The van der Waals surface area contributed by atoms with Crippen LogP contribution in [0.4, 0.5) is 0 Å². The van der Waals surface area contributed by atoms with E-state index in [9.17, 15) is 4.79 Å². The Hall–Kier alpha value is -1.88. The van der Waals surface area contributed by atoms with Gasteiger partial charge in [0.25, 0.3) is 0 Å². The molecule has 0 saturated carbocycles. The minimum absolute atomic E-state index is 0.198. The van der Waals surface area contributed by atoms with E-state index in [2.05, 4.69) is 10.4 Å². The maximum absolute atomic E-state index is 12.1. The molecular weight excluding hydrogens is 266 g/mol. The number of ether oxygens (including phenoxy) is 1. The molecule has 0 aliphatic heterocycles. The molecule has 1 aromatic carbocycles. The van der Waals surface area contributed by atoms with Crippen molar-refractivity contribution in [2.45, 2.75) is 45.3 Å². The molecule has 2 rings (SSSR count). The topological polar surface area (TPSA) is 56.2 Å². The normalized spacial score (nSPS) is 14.3. The molecule has 1 atom stereocenters. The highest BCUT2D eigenvalue weighted by Gasteiger charge is 2.34. The summed E-state index contributed by atoms with van der Waals surface area (Å²) in [7, 11) is 1.42. The van der Waals surface area contributed by atoms with E-state index in [1.54, 1.807) is 0 Å². The maximum Gasteiger partial charge on any atom is 0.325 e. The molecular formula is C16H23N3O2. The van der Waals surface area contributed by atoms with Crippen molar-refractivity contribution in [2.75, 3.05) is 7.11 Å². The van der Waals surface area contributed by atoms with E-state index in [4.69, 9.17) is 4.74 Å². The molecule has 5 nitrogen and oxygen atoms in total. The van der Waals surface area contributed by atoms with Crippen molar-refractivity contribution in [1.29, 1.82) is 0 Å². The van der Waals surface area contributed by atoms with Crippen LogP contribution in [0.1, 0.15) is 27.2 Å². The third-order valence-corrected chi connectivity index (χ3v) is 3.62. The van der Waals surface area contributed by atoms with Crippen LogP contribution in [0.3, 0.4) is 0 Å². The molecule has 21 heavy (non-hydrogen) atoms. The Morgan fingerprint density at radius 3 is 2.81 bits per heavy atom. The van der Waals surface area contributed by atoms with E-state index in [1.165, 1.54) is 7.11 Å². The predicted molar refractivity (Wildman–Crippen MR) is 83.0 cm³/mol. The molecule has 1 N–H and O–H groups in total. The summed E-state index contributed by atoms with van der Waals surface area (Å²) in [5.74, 6) is -0.243. The Morgan fingerprint density at radius 1 is 1.43 bits per heavy atom. The number of benzene rings is 1. The van der Waals surface area contributed by atoms with E-state index in [0.717, 1.165) is 10.9 Å². The van der Waals surface area contributed by atoms with Crippen molar-refractivity contribution in [1.82, 2.24) is 15.1 Å². The predicted octanol–water partition coefficient (Wildman–Crippen LogP) is 2.36. The summed E-state index contributed by atoms with van der Waals surface area (Å²) in [6, 6.07) is 8.25. The van der Waals surface area contributed by atoms with E-state index >= 15 is 0 Å². The van der Waals surface area contributed by atoms with Crippen LogP contribution < -0.4 is 5.32 Å². The molecule has 5 heteroatoms. The fourth-order valence-electron chi connectivity index (χ4n) is 2.63. The Morgan fingerprint density at radius 2 is 2.14 bits per heavy atom. The zero-order chi connectivity index (χ0) is 15.5. The van der Waals surface area contributed by atoms with Gasteiger partial charge in [0.1, 0.15) is 5.54 Å². The number of hydrogen-bond donors (Lipinski definition) is 1. The summed E-state index contributed by atoms with van der Waals surface area (Å²) >= 11 is 0. The lowest BCUT2D eigenvalue weighted by atomic mass is 9.96. The van der Waals surface area contributed by atoms with E-state index in [-0.39, 0.29) is 12.0 Å². The van der Waals surface area contributed by atoms with Crippen LogP contribution in [0.25, 0.3) is 10.9 Å². The Labute approximate surface area is 125 Å². The van der Waals surface area contributed by atoms with Gasteiger partial charge in [-0.25, -0.2) is 0 Å². The molecule has 2 aromatic rings. The number of fused-ring (bicyclic) bond motifs is 1. The molecule has 0 fully saturated rings. The second-order valence-corrected chi connectivity index (χ2v) is 5.80. The van der Waals surface area contributed by atoms with Gasteiger partial charge in [0.05, 0.1) is 18.8 Å². The summed E-state index contributed by atoms with van der Waals surface area (Å²) < 4.78 is 6.87. The zero-order valence-electron chi connectivity index (χ0n) is 13.1. The first kappa shape index (κ1) is 15.5. The quantitative estimate of drug-likeness (QED) is 0.829. The van der Waals surface area contributed by atoms with Crippen LogP contribution in [0, 0.1) is 0 Å². The van der Waals surface area contributed by atoms with Crippen molar-refractivity contribution < 1.29 is 9.53 Å². The fourth-order valence-corrected chi connectivity index (χ4v) is 2.63. The van der Waals surface area contributed by atoms with Crippen molar-refractivity contribution in [3.05, 3.63) is 30.5 Å². The van der Waals surface area contributed by atoms with Gasteiger partial charge in [-0.1, -0.05) is 18.2 Å². The van der Waals surface area contributed by atoms with Crippen LogP contribution in [0.15, 0.2) is 30.5 Å². The monoisotopic (exact) mass is 289 g/mol. The van der Waals surface area contributed by atoms with Crippen LogP contribution >= 0.6 is 0 Å². The zero-order valence-corrected chi connectivity index (χ0v) is 13.1. The summed E-state index contributed by atoms with van der Waals surface area (Å²) in [6.45, 7) is 6.57. The van der Waals surface area contributed by atoms with Gasteiger partial charge in [0.2, 0.25) is 0 Å². The average molecular weight is 289 g/mol. The number of para-hydroxylation sites is 1. The SMILES string of the molecule is COC(=O)C(C)(CCn1ncc2ccccc21)NC(C)C. The lowest BCUT2D eigenvalue weighted by Crippen LogP contribution is -2.53. The standard InChI is InChI=1S/C16H23N3O2/c1-12(2)18-16(3,15(20)21-4)9-10-19-14-8-6-5-7-13(14)11-17-19/h5-8,11-12,18H,9-10H2,1-4H3. The molecule has 0 radical (unpaired) electrons. The lowest BCUT2D eigenvalue weighted by molar-refractivity contribution is -0.148. The van der Waals surface area contributed by atoms with E-state index in [1.807, 2.05) is 55.9 Å². The van der Waals surface area contributed by atoms with Crippen LogP contribution in [-0.4, -0.2) is 34.4 Å². The number of hydrogen-bond acceptors (Lipinski definition) is 4. The third kappa shape index (κ3) is 3.42. The number of rotatable bonds is 6. The van der Waals surface area contributed by atoms with Gasteiger partial charge in [-0.3, -0.25) is 14.8 Å². The van der Waals surface area contributed by atoms with Crippen LogP contribution in [0.5, 0.6) is 0 Å². The van der Waals surface area contributed by atoms with Crippen LogP contribution in [-0.2, 0) is 16.1 Å². The van der Waals surface area contributed by atoms with Crippen molar-refractivity contribution in [3.8, 4) is 0 Å². The molecule has 0 aliphatic rings. The van der Waals surface area contributed by atoms with Crippen molar-refractivity contribution in [2.24, 2.45) is 0 Å². The van der Waals surface area contributed by atoms with Crippen LogP contribution in [0.2, 0.25) is 0 Å². The highest BCUT2D eigenvalue weighted by molar-refractivity contribution is 5.80. The van der Waals surface area contributed by atoms with E-state index < -0.39 is 5.54 Å². The Balaban J connectivity index is 2.16. The molecule has 1 unspecified atom stereocenters. The molecule has 0 amide bonds. The highest BCUT2D eigenvalue weighted by atomic mass is 16.5. The van der Waals surface area contributed by atoms with Crippen molar-refractivity contribution >= 4 is 16.9 Å². The maximum atomic E-state index is 12.1. The molecule has 0 saturated heterocycles. The molecule has 1 heterocycles. The Bertz CT molecular complexity index is 621. The molecule has 0 spiro atoms. The number of carbonyl (C=O) groups is 1. The Kier molecular flexibility index (Phi) is 4.63. The number of aryl methyl sites for hydroxylation is 1. The first-order chi connectivity index (χ1) is 9.96. The largest absolute Gasteiger partial charge is 0.468 e. The second-order valence-electron chi connectivity index (χ2n) is 5.80. The molecule has 1 aromatic heterocycles. The number of methoxy groups -OCH3 is 1. The summed E-state index contributed by atoms with van der Waals surface area (Å²) in [5, 5.41) is 8.81. The smallest absolute Gasteiger partial charge is 0.325 e. The lowest BCUT2D eigenvalue weighted by Gasteiger charge is -2.30. The minimum Gasteiger partial charge on any atom is -0.468 e. The second kappa shape index (κ2) is 6.26. The van der Waals surface area contributed by atoms with Gasteiger partial charge in [-0.05, 0) is 33.3 Å². The van der Waals surface area contributed by atoms with Gasteiger partial charge in [0, 0.05) is 18.0 Å². The summed E-state index contributed by atoms with van der Waals surface area (Å²) in [5.41, 5.74) is 0.366. The third-order valence-electron chi connectivity index (χ3n) is 3.62. The minimum atomic E-state index is -0.712. The number of nitrogens with one attached hydrogen (secondary N) is 1. The summed E-state index contributed by atoms with van der Waals surface area (Å²) in [6.07, 6.45) is 2.46. The molecule has 0 bridgehead atoms. The van der Waals surface area contributed by atoms with Gasteiger partial charge in [-0.15, -0.1) is 0 Å². The summed E-state index contributed by atoms with van der Waals surface area (Å²) in [4.78, 5) is 12.1. The molecule has 0 aliphatic carbocycles. The van der Waals surface area contributed by atoms with Gasteiger partial charge >= 0.3 is 5.97 Å². The highest BCUT2D eigenvalue weighted by Crippen LogP contribution is 2.18. The van der Waals surface area contributed by atoms with Gasteiger partial charge in [0.15, 0.2) is 0 Å². The number of carbonyl (C=O) groups excluding carboxylic acids is 1. The van der Waals surface area contributed by atoms with E-state index in [0.29, 0.717) is 13.0 Å². The van der Waals surface area contributed by atoms with Gasteiger partial charge < -0.3 is 4.74 Å². The van der Waals surface area contributed by atoms with Crippen molar-refractivity contribution in [3.63, 3.8) is 0 Å². The number of nitrogens with zero attached hydrogens (tertiary/aromatic N) is 2. The fraction of sp³-hybridized carbons (Fsp3) is 0.500. The average Bonchev–Trinajstić information content (AvgIpc) is 2.87. The van der Waals surface area contributed by atoms with Gasteiger partial charge in [-0.2, -0.15) is 5.10 Å². The first-order valence-electron chi connectivity index (χ1n) is 7.23. The molecule has 114 valence electrons.